The topological polar surface area (TPSA) is 63.4 Å². The lowest BCUT2D eigenvalue weighted by Gasteiger charge is -2.23. The Morgan fingerprint density at radius 3 is 2.48 bits per heavy atom. The Labute approximate surface area is 127 Å². The van der Waals surface area contributed by atoms with Gasteiger partial charge in [0.05, 0.1) is 17.2 Å². The Bertz CT molecular complexity index is 758. The second-order valence-electron chi connectivity index (χ2n) is 4.98. The number of anilines is 1. The molecule has 1 atom stereocenters. The third-order valence-electron chi connectivity index (χ3n) is 3.70. The van der Waals surface area contributed by atoms with Gasteiger partial charge in [0.15, 0.2) is 0 Å². The van der Waals surface area contributed by atoms with Crippen molar-refractivity contribution in [2.75, 3.05) is 5.73 Å². The van der Waals surface area contributed by atoms with Crippen molar-refractivity contribution in [1.29, 1.82) is 0 Å². The van der Waals surface area contributed by atoms with Gasteiger partial charge in [-0.1, -0.05) is 29.8 Å². The summed E-state index contributed by atoms with van der Waals surface area (Å²) in [4.78, 5) is 26.2. The van der Waals surface area contributed by atoms with Crippen molar-refractivity contribution < 1.29 is 9.59 Å². The molecule has 2 amide bonds. The van der Waals surface area contributed by atoms with Crippen LogP contribution in [0.2, 0.25) is 5.02 Å². The molecule has 0 radical (unpaired) electrons. The third-order valence-corrected chi connectivity index (χ3v) is 3.93. The van der Waals surface area contributed by atoms with Crippen LogP contribution >= 0.6 is 11.6 Å². The number of halogens is 1. The normalized spacial score (nSPS) is 15.2. The van der Waals surface area contributed by atoms with Crippen molar-refractivity contribution in [1.82, 2.24) is 4.90 Å². The summed E-state index contributed by atoms with van der Waals surface area (Å²) in [5, 5.41) is 0.565. The lowest BCUT2D eigenvalue weighted by Crippen LogP contribution is -2.32. The van der Waals surface area contributed by atoms with Gasteiger partial charge >= 0.3 is 0 Å². The van der Waals surface area contributed by atoms with Gasteiger partial charge < -0.3 is 5.73 Å². The minimum absolute atomic E-state index is 0.288. The Morgan fingerprint density at radius 1 is 1.10 bits per heavy atom. The highest BCUT2D eigenvalue weighted by Gasteiger charge is 2.40. The summed E-state index contributed by atoms with van der Waals surface area (Å²) in [6.07, 6.45) is 0. The Hall–Kier alpha value is -2.33. The highest BCUT2D eigenvalue weighted by atomic mass is 35.5. The summed E-state index contributed by atoms with van der Waals surface area (Å²) in [6.45, 7) is 1.80. The second kappa shape index (κ2) is 4.90. The molecule has 0 bridgehead atoms. The van der Waals surface area contributed by atoms with Gasteiger partial charge in [0.2, 0.25) is 0 Å². The first-order valence-electron chi connectivity index (χ1n) is 6.52. The number of imide groups is 1. The van der Waals surface area contributed by atoms with E-state index in [1.54, 1.807) is 43.3 Å². The minimum atomic E-state index is -0.407. The Morgan fingerprint density at radius 2 is 1.81 bits per heavy atom. The van der Waals surface area contributed by atoms with Crippen LogP contribution in [0.15, 0.2) is 42.5 Å². The van der Waals surface area contributed by atoms with E-state index in [0.717, 1.165) is 5.56 Å². The van der Waals surface area contributed by atoms with Gasteiger partial charge in [-0.05, 0) is 36.8 Å². The fourth-order valence-corrected chi connectivity index (χ4v) is 2.80. The van der Waals surface area contributed by atoms with E-state index in [4.69, 9.17) is 17.3 Å². The van der Waals surface area contributed by atoms with Crippen molar-refractivity contribution in [2.24, 2.45) is 0 Å². The van der Waals surface area contributed by atoms with Crippen molar-refractivity contribution in [3.05, 3.63) is 64.2 Å². The summed E-state index contributed by atoms with van der Waals surface area (Å²) in [7, 11) is 0. The molecule has 0 fully saturated rings. The number of carbonyl (C=O) groups excluding carboxylic acids is 2. The van der Waals surface area contributed by atoms with Crippen LogP contribution in [0.4, 0.5) is 5.69 Å². The van der Waals surface area contributed by atoms with Crippen LogP contribution < -0.4 is 5.73 Å². The lowest BCUT2D eigenvalue weighted by atomic mass is 10.1. The Kier molecular flexibility index (Phi) is 3.18. The molecule has 2 N–H and O–H groups in total. The highest BCUT2D eigenvalue weighted by molar-refractivity contribution is 6.30. The van der Waals surface area contributed by atoms with Gasteiger partial charge in [-0.25, -0.2) is 0 Å². The molecule has 0 spiro atoms. The zero-order chi connectivity index (χ0) is 15.1. The fraction of sp³-hybridized carbons (Fsp3) is 0.125. The van der Waals surface area contributed by atoms with Crippen LogP contribution in [0.3, 0.4) is 0 Å². The smallest absolute Gasteiger partial charge is 0.264 e. The molecule has 2 aromatic rings. The van der Waals surface area contributed by atoms with Crippen LogP contribution in [0.5, 0.6) is 0 Å². The number of benzene rings is 2. The number of carbonyl (C=O) groups is 2. The highest BCUT2D eigenvalue weighted by Crippen LogP contribution is 2.34. The van der Waals surface area contributed by atoms with Crippen LogP contribution in [0.1, 0.15) is 39.2 Å². The van der Waals surface area contributed by atoms with Crippen molar-refractivity contribution in [3.63, 3.8) is 0 Å². The molecular weight excluding hydrogens is 288 g/mol. The predicted octanol–water partition coefficient (Wildman–Crippen LogP) is 3.28. The van der Waals surface area contributed by atoms with E-state index in [-0.39, 0.29) is 17.4 Å². The molecule has 2 aromatic carbocycles. The van der Waals surface area contributed by atoms with Gasteiger partial charge in [-0.15, -0.1) is 0 Å². The molecule has 1 aliphatic heterocycles. The van der Waals surface area contributed by atoms with Crippen LogP contribution in [0.25, 0.3) is 0 Å². The van der Waals surface area contributed by atoms with E-state index in [1.165, 1.54) is 4.90 Å². The monoisotopic (exact) mass is 300 g/mol. The third kappa shape index (κ3) is 2.08. The van der Waals surface area contributed by atoms with Crippen molar-refractivity contribution in [3.8, 4) is 0 Å². The quantitative estimate of drug-likeness (QED) is 0.684. The van der Waals surface area contributed by atoms with Gasteiger partial charge in [0.25, 0.3) is 11.8 Å². The standard InChI is InChI=1S/C16H13ClN2O2/c1-9(10-4-2-5-11(17)8-10)19-15(20)12-6-3-7-13(18)14(12)16(19)21/h2-9H,18H2,1H3. The molecule has 1 unspecified atom stereocenters. The maximum atomic E-state index is 12.5. The van der Waals surface area contributed by atoms with Crippen molar-refractivity contribution >= 4 is 29.1 Å². The zero-order valence-corrected chi connectivity index (χ0v) is 12.1. The lowest BCUT2D eigenvalue weighted by molar-refractivity contribution is 0.0595. The molecule has 3 rings (SSSR count). The number of nitrogens with two attached hydrogens (primary N) is 1. The van der Waals surface area contributed by atoms with E-state index in [0.29, 0.717) is 16.3 Å². The van der Waals surface area contributed by atoms with E-state index in [9.17, 15) is 9.59 Å². The van der Waals surface area contributed by atoms with Gasteiger partial charge in [-0.3, -0.25) is 14.5 Å². The number of nitrogen functional groups attached to an aromatic ring is 1. The minimum Gasteiger partial charge on any atom is -0.398 e. The molecule has 1 aliphatic rings. The van der Waals surface area contributed by atoms with E-state index in [1.807, 2.05) is 6.07 Å². The molecule has 5 heteroatoms. The molecule has 1 heterocycles. The fourth-order valence-electron chi connectivity index (χ4n) is 2.60. The predicted molar refractivity (Wildman–Crippen MR) is 81.2 cm³/mol. The Balaban J connectivity index is 2.04. The number of hydrogen-bond donors (Lipinski definition) is 1. The first-order chi connectivity index (χ1) is 10.0. The molecule has 106 valence electrons. The molecule has 0 saturated carbocycles. The number of nitrogens with zero attached hydrogens (tertiary/aromatic N) is 1. The zero-order valence-electron chi connectivity index (χ0n) is 11.3. The van der Waals surface area contributed by atoms with E-state index < -0.39 is 6.04 Å². The van der Waals surface area contributed by atoms with E-state index in [2.05, 4.69) is 0 Å². The molecule has 21 heavy (non-hydrogen) atoms. The molecule has 0 aromatic heterocycles. The summed E-state index contributed by atoms with van der Waals surface area (Å²) >= 11 is 5.97. The SMILES string of the molecule is CC(c1cccc(Cl)c1)N1C(=O)c2cccc(N)c2C1=O. The van der Waals surface area contributed by atoms with Gasteiger partial charge in [-0.2, -0.15) is 0 Å². The summed E-state index contributed by atoms with van der Waals surface area (Å²) in [5.41, 5.74) is 7.60. The summed E-state index contributed by atoms with van der Waals surface area (Å²) in [6, 6.07) is 11.6. The van der Waals surface area contributed by atoms with Crippen molar-refractivity contribution in [2.45, 2.75) is 13.0 Å². The first-order valence-corrected chi connectivity index (χ1v) is 6.90. The number of fused-ring (bicyclic) bond motifs is 1. The molecular formula is C16H13ClN2O2. The first kappa shape index (κ1) is 13.6. The summed E-state index contributed by atoms with van der Waals surface area (Å²) < 4.78 is 0. The van der Waals surface area contributed by atoms with Gasteiger partial charge in [0, 0.05) is 10.7 Å². The number of hydrogen-bond acceptors (Lipinski definition) is 3. The molecule has 4 nitrogen and oxygen atoms in total. The average Bonchev–Trinajstić information content (AvgIpc) is 2.71. The number of rotatable bonds is 2. The van der Waals surface area contributed by atoms with Crippen LogP contribution in [-0.4, -0.2) is 16.7 Å². The average molecular weight is 301 g/mol. The number of amides is 2. The van der Waals surface area contributed by atoms with Crippen LogP contribution in [0, 0.1) is 0 Å². The maximum Gasteiger partial charge on any atom is 0.264 e. The largest absolute Gasteiger partial charge is 0.398 e. The molecule has 0 aliphatic carbocycles. The molecule has 0 saturated heterocycles. The summed E-state index contributed by atoms with van der Waals surface area (Å²) in [5.74, 6) is -0.685. The maximum absolute atomic E-state index is 12.5. The van der Waals surface area contributed by atoms with E-state index >= 15 is 0 Å². The van der Waals surface area contributed by atoms with Gasteiger partial charge in [0.1, 0.15) is 0 Å². The van der Waals surface area contributed by atoms with Crippen LogP contribution in [-0.2, 0) is 0 Å². The second-order valence-corrected chi connectivity index (χ2v) is 5.42.